The van der Waals surface area contributed by atoms with Crippen LogP contribution in [0.4, 0.5) is 0 Å². The van der Waals surface area contributed by atoms with Crippen molar-refractivity contribution in [1.29, 1.82) is 0 Å². The molecule has 2 heterocycles. The molecule has 2 aromatic heterocycles. The third-order valence-electron chi connectivity index (χ3n) is 4.12. The highest BCUT2D eigenvalue weighted by atomic mass is 35.5. The summed E-state index contributed by atoms with van der Waals surface area (Å²) >= 11 is 7.34. The van der Waals surface area contributed by atoms with Gasteiger partial charge in [0.25, 0.3) is 5.91 Å². The van der Waals surface area contributed by atoms with Crippen molar-refractivity contribution in [1.82, 2.24) is 25.1 Å². The van der Waals surface area contributed by atoms with Crippen LogP contribution in [0.5, 0.6) is 0 Å². The molecule has 0 aliphatic carbocycles. The van der Waals surface area contributed by atoms with E-state index in [1.807, 2.05) is 48.5 Å². The van der Waals surface area contributed by atoms with E-state index >= 15 is 0 Å². The van der Waals surface area contributed by atoms with Gasteiger partial charge in [0, 0.05) is 22.5 Å². The number of carbonyl (C=O) groups is 1. The van der Waals surface area contributed by atoms with E-state index in [9.17, 15) is 4.79 Å². The van der Waals surface area contributed by atoms with Crippen molar-refractivity contribution in [2.75, 3.05) is 0 Å². The number of rotatable bonds is 6. The molecule has 0 atom stereocenters. The zero-order chi connectivity index (χ0) is 19.3. The van der Waals surface area contributed by atoms with Crippen LogP contribution in [0.2, 0.25) is 5.02 Å². The van der Waals surface area contributed by atoms with Crippen LogP contribution in [0.3, 0.4) is 0 Å². The molecule has 4 aromatic rings. The van der Waals surface area contributed by atoms with E-state index in [1.165, 1.54) is 17.7 Å². The molecule has 4 rings (SSSR count). The molecule has 0 aliphatic heterocycles. The van der Waals surface area contributed by atoms with Gasteiger partial charge in [-0.1, -0.05) is 48.0 Å². The fourth-order valence-electron chi connectivity index (χ4n) is 2.64. The maximum Gasteiger partial charge on any atom is 0.271 e. The minimum atomic E-state index is -0.192. The number of hydrogen-bond acceptors (Lipinski definition) is 5. The fourth-order valence-corrected chi connectivity index (χ4v) is 3.57. The Morgan fingerprint density at radius 2 is 1.82 bits per heavy atom. The molecule has 0 radical (unpaired) electrons. The van der Waals surface area contributed by atoms with E-state index in [0.717, 1.165) is 21.7 Å². The Hall–Kier alpha value is -3.03. The van der Waals surface area contributed by atoms with E-state index in [2.05, 4.69) is 20.4 Å². The lowest BCUT2D eigenvalue weighted by Gasteiger charge is -2.06. The number of halogens is 1. The van der Waals surface area contributed by atoms with Gasteiger partial charge in [-0.25, -0.2) is 14.6 Å². The lowest BCUT2D eigenvalue weighted by molar-refractivity contribution is 0.0946. The monoisotopic (exact) mass is 409 g/mol. The van der Waals surface area contributed by atoms with Crippen molar-refractivity contribution < 1.29 is 4.79 Å². The third-order valence-corrected chi connectivity index (χ3v) is 5.26. The van der Waals surface area contributed by atoms with Gasteiger partial charge in [-0.05, 0) is 23.3 Å². The highest BCUT2D eigenvalue weighted by Gasteiger charge is 2.11. The summed E-state index contributed by atoms with van der Waals surface area (Å²) in [7, 11) is 0. The molecule has 1 amide bonds. The van der Waals surface area contributed by atoms with Gasteiger partial charge < -0.3 is 5.32 Å². The quantitative estimate of drug-likeness (QED) is 0.521. The van der Waals surface area contributed by atoms with Gasteiger partial charge in [-0.2, -0.15) is 5.10 Å². The van der Waals surface area contributed by atoms with Gasteiger partial charge in [0.1, 0.15) is 23.4 Å². The number of carbonyl (C=O) groups excluding carboxylic acids is 1. The first-order valence-electron chi connectivity index (χ1n) is 8.57. The van der Waals surface area contributed by atoms with Crippen molar-refractivity contribution in [2.24, 2.45) is 0 Å². The van der Waals surface area contributed by atoms with E-state index in [1.54, 1.807) is 16.4 Å². The molecule has 0 unspecified atom stereocenters. The lowest BCUT2D eigenvalue weighted by atomic mass is 10.1. The minimum Gasteiger partial charge on any atom is -0.347 e. The summed E-state index contributed by atoms with van der Waals surface area (Å²) in [5.74, 6) is -0.192. The Morgan fingerprint density at radius 1 is 1.07 bits per heavy atom. The molecule has 0 saturated carbocycles. The second kappa shape index (κ2) is 8.33. The Kier molecular flexibility index (Phi) is 5.45. The predicted molar refractivity (Wildman–Crippen MR) is 109 cm³/mol. The SMILES string of the molecule is O=C(NCc1ccc(Cn2cncn2)cc1)c1csc(-c2ccc(Cl)cc2)n1. The molecule has 28 heavy (non-hydrogen) atoms. The van der Waals surface area contributed by atoms with Gasteiger partial charge >= 0.3 is 0 Å². The first-order valence-corrected chi connectivity index (χ1v) is 9.83. The Bertz CT molecular complexity index is 1060. The highest BCUT2D eigenvalue weighted by molar-refractivity contribution is 7.13. The van der Waals surface area contributed by atoms with Crippen LogP contribution in [0, 0.1) is 0 Å². The van der Waals surface area contributed by atoms with Gasteiger partial charge in [0.2, 0.25) is 0 Å². The summed E-state index contributed by atoms with van der Waals surface area (Å²) in [5.41, 5.74) is 3.49. The average molecular weight is 410 g/mol. The maximum atomic E-state index is 12.4. The second-order valence-corrected chi connectivity index (χ2v) is 7.43. The summed E-state index contributed by atoms with van der Waals surface area (Å²) in [6, 6.07) is 15.4. The lowest BCUT2D eigenvalue weighted by Crippen LogP contribution is -2.23. The zero-order valence-corrected chi connectivity index (χ0v) is 16.3. The number of thiazole rings is 1. The Morgan fingerprint density at radius 3 is 2.54 bits per heavy atom. The van der Waals surface area contributed by atoms with E-state index in [4.69, 9.17) is 11.6 Å². The molecule has 2 aromatic carbocycles. The predicted octanol–water partition coefficient (Wildman–Crippen LogP) is 4.03. The summed E-state index contributed by atoms with van der Waals surface area (Å²) < 4.78 is 1.76. The molecule has 0 spiro atoms. The van der Waals surface area contributed by atoms with Gasteiger partial charge in [-0.15, -0.1) is 11.3 Å². The normalized spacial score (nSPS) is 10.8. The van der Waals surface area contributed by atoms with Crippen molar-refractivity contribution in [3.63, 3.8) is 0 Å². The van der Waals surface area contributed by atoms with Crippen LogP contribution in [-0.4, -0.2) is 25.7 Å². The van der Waals surface area contributed by atoms with E-state index < -0.39 is 0 Å². The maximum absolute atomic E-state index is 12.4. The molecule has 0 bridgehead atoms. The molecule has 6 nitrogen and oxygen atoms in total. The molecule has 0 saturated heterocycles. The fraction of sp³-hybridized carbons (Fsp3) is 0.100. The van der Waals surface area contributed by atoms with Crippen molar-refractivity contribution >= 4 is 28.8 Å². The van der Waals surface area contributed by atoms with Gasteiger partial charge in [0.05, 0.1) is 6.54 Å². The van der Waals surface area contributed by atoms with E-state index in [-0.39, 0.29) is 5.91 Å². The number of nitrogens with one attached hydrogen (secondary N) is 1. The van der Waals surface area contributed by atoms with E-state index in [0.29, 0.717) is 23.8 Å². The van der Waals surface area contributed by atoms with Crippen LogP contribution in [0.15, 0.2) is 66.6 Å². The molecular formula is C20H16ClN5OS. The number of aromatic nitrogens is 4. The second-order valence-electron chi connectivity index (χ2n) is 6.14. The number of hydrogen-bond donors (Lipinski definition) is 1. The molecule has 0 aliphatic rings. The van der Waals surface area contributed by atoms with Crippen LogP contribution < -0.4 is 5.32 Å². The number of benzene rings is 2. The third kappa shape index (κ3) is 4.44. The van der Waals surface area contributed by atoms with Gasteiger partial charge in [0.15, 0.2) is 0 Å². The molecule has 8 heteroatoms. The van der Waals surface area contributed by atoms with Crippen LogP contribution in [0.1, 0.15) is 21.6 Å². The first kappa shape index (κ1) is 18.3. The Balaban J connectivity index is 1.34. The summed E-state index contributed by atoms with van der Waals surface area (Å²) in [4.78, 5) is 20.7. The standard InChI is InChI=1S/C20H16ClN5OS/c21-17-7-5-16(6-8-17)20-25-18(11-28-20)19(27)23-9-14-1-3-15(4-2-14)10-26-13-22-12-24-26/h1-8,11-13H,9-10H2,(H,23,27). The number of amides is 1. The summed E-state index contributed by atoms with van der Waals surface area (Å²) in [5, 5.41) is 10.2. The van der Waals surface area contributed by atoms with Crippen molar-refractivity contribution in [2.45, 2.75) is 13.1 Å². The highest BCUT2D eigenvalue weighted by Crippen LogP contribution is 2.25. The smallest absolute Gasteiger partial charge is 0.271 e. The summed E-state index contributed by atoms with van der Waals surface area (Å²) in [6.07, 6.45) is 3.20. The first-order chi connectivity index (χ1) is 13.7. The topological polar surface area (TPSA) is 72.7 Å². The van der Waals surface area contributed by atoms with Crippen LogP contribution in [0.25, 0.3) is 10.6 Å². The van der Waals surface area contributed by atoms with Crippen LogP contribution >= 0.6 is 22.9 Å². The van der Waals surface area contributed by atoms with Crippen LogP contribution in [-0.2, 0) is 13.1 Å². The largest absolute Gasteiger partial charge is 0.347 e. The molecular weight excluding hydrogens is 394 g/mol. The zero-order valence-electron chi connectivity index (χ0n) is 14.7. The van der Waals surface area contributed by atoms with Gasteiger partial charge in [-0.3, -0.25) is 4.79 Å². The average Bonchev–Trinajstić information content (AvgIpc) is 3.40. The van der Waals surface area contributed by atoms with Crippen molar-refractivity contribution in [3.8, 4) is 10.6 Å². The molecule has 140 valence electrons. The number of nitrogens with zero attached hydrogens (tertiary/aromatic N) is 4. The molecule has 1 N–H and O–H groups in total. The van der Waals surface area contributed by atoms with Crippen molar-refractivity contribution in [3.05, 3.63) is 88.4 Å². The minimum absolute atomic E-state index is 0.192. The summed E-state index contributed by atoms with van der Waals surface area (Å²) in [6.45, 7) is 1.11. The Labute approximate surface area is 170 Å². The molecule has 0 fully saturated rings.